The van der Waals surface area contributed by atoms with Crippen LogP contribution in [0.15, 0.2) is 18.5 Å². The Labute approximate surface area is 117 Å². The Balaban J connectivity index is 1.72. The summed E-state index contributed by atoms with van der Waals surface area (Å²) in [6, 6.07) is 1.21. The van der Waals surface area contributed by atoms with Crippen molar-refractivity contribution in [1.82, 2.24) is 4.98 Å². The molecule has 2 aliphatic rings. The van der Waals surface area contributed by atoms with Gasteiger partial charge in [-0.2, -0.15) is 13.2 Å². The average molecular weight is 284 g/mol. The van der Waals surface area contributed by atoms with Crippen LogP contribution in [0.5, 0.6) is 0 Å². The number of halogens is 3. The summed E-state index contributed by atoms with van der Waals surface area (Å²) in [6.45, 7) is 8.44. The maximum atomic E-state index is 12.7. The molecule has 2 unspecified atom stereocenters. The van der Waals surface area contributed by atoms with Crippen molar-refractivity contribution >= 4 is 5.69 Å². The predicted octanol–water partition coefficient (Wildman–Crippen LogP) is 3.83. The normalized spacial score (nSPS) is 29.5. The molecule has 0 aromatic carbocycles. The Bertz CT molecular complexity index is 507. The molecule has 0 radical (unpaired) electrons. The van der Waals surface area contributed by atoms with Gasteiger partial charge in [-0.1, -0.05) is 20.8 Å². The molecule has 0 N–H and O–H groups in total. The van der Waals surface area contributed by atoms with Crippen molar-refractivity contribution < 1.29 is 13.2 Å². The lowest BCUT2D eigenvalue weighted by atomic mass is 9.87. The van der Waals surface area contributed by atoms with Gasteiger partial charge in [0.2, 0.25) is 0 Å². The molecule has 1 saturated heterocycles. The minimum atomic E-state index is -4.32. The zero-order valence-electron chi connectivity index (χ0n) is 11.9. The van der Waals surface area contributed by atoms with Gasteiger partial charge in [0.05, 0.1) is 17.4 Å². The van der Waals surface area contributed by atoms with Crippen molar-refractivity contribution in [2.45, 2.75) is 26.9 Å². The van der Waals surface area contributed by atoms with E-state index in [0.29, 0.717) is 28.9 Å². The Morgan fingerprint density at radius 3 is 2.20 bits per heavy atom. The molecule has 1 aromatic heterocycles. The summed E-state index contributed by atoms with van der Waals surface area (Å²) in [5, 5.41) is 0. The Kier molecular flexibility index (Phi) is 2.82. The lowest BCUT2D eigenvalue weighted by molar-refractivity contribution is -0.137. The van der Waals surface area contributed by atoms with E-state index in [-0.39, 0.29) is 0 Å². The number of hydrogen-bond acceptors (Lipinski definition) is 2. The fourth-order valence-corrected chi connectivity index (χ4v) is 3.78. The summed E-state index contributed by atoms with van der Waals surface area (Å²) in [6.07, 6.45) is -1.90. The third-order valence-electron chi connectivity index (χ3n) is 4.61. The van der Waals surface area contributed by atoms with Crippen molar-refractivity contribution in [3.05, 3.63) is 24.0 Å². The quantitative estimate of drug-likeness (QED) is 0.779. The smallest absolute Gasteiger partial charge is 0.370 e. The van der Waals surface area contributed by atoms with Gasteiger partial charge < -0.3 is 4.90 Å². The average Bonchev–Trinajstić information content (AvgIpc) is 2.86. The molecule has 2 nitrogen and oxygen atoms in total. The second-order valence-electron chi connectivity index (χ2n) is 7.05. The molecule has 2 heterocycles. The Morgan fingerprint density at radius 2 is 1.70 bits per heavy atom. The van der Waals surface area contributed by atoms with E-state index in [9.17, 15) is 13.2 Å². The third kappa shape index (κ3) is 2.27. The fourth-order valence-electron chi connectivity index (χ4n) is 3.78. The number of alkyl halides is 3. The highest BCUT2D eigenvalue weighted by molar-refractivity contribution is 5.49. The molecular formula is C15H19F3N2. The highest BCUT2D eigenvalue weighted by atomic mass is 19.4. The molecule has 0 bridgehead atoms. The number of pyridine rings is 1. The first-order valence-electron chi connectivity index (χ1n) is 6.95. The standard InChI is InChI=1S/C15H19F3N2/c1-14(2,3)13-11-7-20(8-12(11)13)10-4-9(5-19-6-10)15(16,17)18/h4-6,11-13H,7-8H2,1-3H3. The Morgan fingerprint density at radius 1 is 1.10 bits per heavy atom. The van der Waals surface area contributed by atoms with Gasteiger partial charge in [-0.3, -0.25) is 4.98 Å². The van der Waals surface area contributed by atoms with E-state index in [1.165, 1.54) is 12.3 Å². The molecule has 20 heavy (non-hydrogen) atoms. The van der Waals surface area contributed by atoms with Crippen LogP contribution in [0.1, 0.15) is 26.3 Å². The number of rotatable bonds is 1. The van der Waals surface area contributed by atoms with Crippen LogP contribution >= 0.6 is 0 Å². The second-order valence-corrected chi connectivity index (χ2v) is 7.05. The monoisotopic (exact) mass is 284 g/mol. The van der Waals surface area contributed by atoms with Gasteiger partial charge in [0.15, 0.2) is 0 Å². The number of nitrogens with zero attached hydrogens (tertiary/aromatic N) is 2. The van der Waals surface area contributed by atoms with Crippen LogP contribution in [-0.4, -0.2) is 18.1 Å². The lowest BCUT2D eigenvalue weighted by Gasteiger charge is -2.27. The fraction of sp³-hybridized carbons (Fsp3) is 0.667. The zero-order valence-corrected chi connectivity index (χ0v) is 11.9. The summed E-state index contributed by atoms with van der Waals surface area (Å²) < 4.78 is 38.1. The van der Waals surface area contributed by atoms with Crippen molar-refractivity contribution in [3.63, 3.8) is 0 Å². The third-order valence-corrected chi connectivity index (χ3v) is 4.61. The van der Waals surface area contributed by atoms with Gasteiger partial charge in [0.25, 0.3) is 0 Å². The SMILES string of the molecule is CC(C)(C)C1C2CN(c3cncc(C(F)(F)F)c3)CC21. The van der Waals surface area contributed by atoms with Crippen molar-refractivity contribution in [3.8, 4) is 0 Å². The van der Waals surface area contributed by atoms with E-state index in [2.05, 4.69) is 25.8 Å². The van der Waals surface area contributed by atoms with Gasteiger partial charge in [-0.05, 0) is 29.2 Å². The Hall–Kier alpha value is -1.26. The summed E-state index contributed by atoms with van der Waals surface area (Å²) in [5.74, 6) is 1.96. The molecule has 1 aliphatic carbocycles. The lowest BCUT2D eigenvalue weighted by Crippen LogP contribution is -2.27. The summed E-state index contributed by atoms with van der Waals surface area (Å²) in [4.78, 5) is 5.78. The molecule has 3 rings (SSSR count). The van der Waals surface area contributed by atoms with E-state index < -0.39 is 11.7 Å². The predicted molar refractivity (Wildman–Crippen MR) is 71.4 cm³/mol. The van der Waals surface area contributed by atoms with Gasteiger partial charge in [-0.15, -0.1) is 0 Å². The van der Waals surface area contributed by atoms with Crippen LogP contribution in [0.2, 0.25) is 0 Å². The number of anilines is 1. The first kappa shape index (κ1) is 13.7. The molecule has 0 amide bonds. The highest BCUT2D eigenvalue weighted by Crippen LogP contribution is 2.60. The molecule has 2 atom stereocenters. The summed E-state index contributed by atoms with van der Waals surface area (Å²) in [7, 11) is 0. The zero-order chi connectivity index (χ0) is 14.7. The largest absolute Gasteiger partial charge is 0.417 e. The van der Waals surface area contributed by atoms with Crippen LogP contribution in [0, 0.1) is 23.2 Å². The maximum absolute atomic E-state index is 12.7. The van der Waals surface area contributed by atoms with Gasteiger partial charge in [0.1, 0.15) is 0 Å². The number of fused-ring (bicyclic) bond motifs is 1. The minimum Gasteiger partial charge on any atom is -0.370 e. The van der Waals surface area contributed by atoms with E-state index >= 15 is 0 Å². The van der Waals surface area contributed by atoms with Crippen LogP contribution in [-0.2, 0) is 6.18 Å². The van der Waals surface area contributed by atoms with Gasteiger partial charge in [0, 0.05) is 19.3 Å². The first-order valence-corrected chi connectivity index (χ1v) is 6.95. The molecule has 110 valence electrons. The van der Waals surface area contributed by atoms with Crippen molar-refractivity contribution in [2.24, 2.45) is 23.2 Å². The molecule has 2 fully saturated rings. The van der Waals surface area contributed by atoms with Gasteiger partial charge >= 0.3 is 6.18 Å². The summed E-state index contributed by atoms with van der Waals surface area (Å²) in [5.41, 5.74) is 0.232. The van der Waals surface area contributed by atoms with E-state index in [0.717, 1.165) is 19.3 Å². The van der Waals surface area contributed by atoms with Crippen LogP contribution < -0.4 is 4.90 Å². The molecule has 0 spiro atoms. The van der Waals surface area contributed by atoms with Crippen LogP contribution in [0.4, 0.5) is 18.9 Å². The first-order chi connectivity index (χ1) is 9.18. The van der Waals surface area contributed by atoms with Crippen LogP contribution in [0.25, 0.3) is 0 Å². The highest BCUT2D eigenvalue weighted by Gasteiger charge is 2.59. The molecular weight excluding hydrogens is 265 g/mol. The maximum Gasteiger partial charge on any atom is 0.417 e. The molecule has 1 aromatic rings. The number of aromatic nitrogens is 1. The van der Waals surface area contributed by atoms with Crippen molar-refractivity contribution in [2.75, 3.05) is 18.0 Å². The van der Waals surface area contributed by atoms with Gasteiger partial charge in [-0.25, -0.2) is 0 Å². The van der Waals surface area contributed by atoms with E-state index in [1.807, 2.05) is 4.90 Å². The summed E-state index contributed by atoms with van der Waals surface area (Å²) >= 11 is 0. The van der Waals surface area contributed by atoms with Crippen molar-refractivity contribution in [1.29, 1.82) is 0 Å². The molecule has 1 aliphatic heterocycles. The topological polar surface area (TPSA) is 16.1 Å². The number of hydrogen-bond donors (Lipinski definition) is 0. The second kappa shape index (κ2) is 4.12. The van der Waals surface area contributed by atoms with Crippen LogP contribution in [0.3, 0.4) is 0 Å². The molecule has 5 heteroatoms. The number of piperidine rings is 1. The van der Waals surface area contributed by atoms with E-state index in [4.69, 9.17) is 0 Å². The minimum absolute atomic E-state index is 0.299. The van der Waals surface area contributed by atoms with E-state index in [1.54, 1.807) is 0 Å². The molecule has 1 saturated carbocycles.